The predicted molar refractivity (Wildman–Crippen MR) is 55.6 cm³/mol. The third-order valence-electron chi connectivity index (χ3n) is 2.04. The van der Waals surface area contributed by atoms with Crippen molar-refractivity contribution in [1.82, 2.24) is 15.6 Å². The zero-order valence-corrected chi connectivity index (χ0v) is 8.65. The van der Waals surface area contributed by atoms with Crippen molar-refractivity contribution in [2.45, 2.75) is 25.9 Å². The molecule has 0 unspecified atom stereocenters. The summed E-state index contributed by atoms with van der Waals surface area (Å²) in [5, 5.41) is 6.63. The van der Waals surface area contributed by atoms with E-state index >= 15 is 0 Å². The zero-order chi connectivity index (χ0) is 9.73. The molecular weight excluding hydrogens is 162 g/mol. The maximum absolute atomic E-state index is 3.47. The fourth-order valence-electron chi connectivity index (χ4n) is 1.32. The third-order valence-corrected chi connectivity index (χ3v) is 2.04. The third kappa shape index (κ3) is 3.61. The van der Waals surface area contributed by atoms with E-state index in [1.54, 1.807) is 0 Å². The summed E-state index contributed by atoms with van der Waals surface area (Å²) in [5.74, 6) is 0. The van der Waals surface area contributed by atoms with Gasteiger partial charge in [-0.15, -0.1) is 0 Å². The molecule has 74 valence electrons. The summed E-state index contributed by atoms with van der Waals surface area (Å²) < 4.78 is 0. The number of likely N-dealkylation sites (N-methyl/N-ethyl adjacent to an activating group) is 1. The van der Waals surface area contributed by atoms with Crippen molar-refractivity contribution in [3.63, 3.8) is 0 Å². The average Bonchev–Trinajstić information content (AvgIpc) is 2.52. The van der Waals surface area contributed by atoms with Gasteiger partial charge in [0.25, 0.3) is 0 Å². The first-order valence-electron chi connectivity index (χ1n) is 4.66. The number of hydrogen-bond donors (Lipinski definition) is 3. The molecule has 0 amide bonds. The van der Waals surface area contributed by atoms with Crippen molar-refractivity contribution in [3.05, 3.63) is 24.0 Å². The Labute approximate surface area is 79.9 Å². The van der Waals surface area contributed by atoms with Crippen molar-refractivity contribution in [1.29, 1.82) is 0 Å². The van der Waals surface area contributed by atoms with E-state index in [0.717, 1.165) is 13.1 Å². The van der Waals surface area contributed by atoms with Crippen LogP contribution in [0.2, 0.25) is 0 Å². The summed E-state index contributed by atoms with van der Waals surface area (Å²) in [4.78, 5) is 3.17. The molecule has 0 saturated carbocycles. The largest absolute Gasteiger partial charge is 0.364 e. The maximum Gasteiger partial charge on any atom is 0.0362 e. The highest BCUT2D eigenvalue weighted by Crippen LogP contribution is 2.02. The molecule has 3 nitrogen and oxygen atoms in total. The molecule has 0 bridgehead atoms. The molecule has 0 fully saturated rings. The van der Waals surface area contributed by atoms with Gasteiger partial charge in [-0.3, -0.25) is 0 Å². The summed E-state index contributed by atoms with van der Waals surface area (Å²) in [6.45, 7) is 6.23. The number of aromatic nitrogens is 1. The first-order chi connectivity index (χ1) is 6.14. The quantitative estimate of drug-likeness (QED) is 0.636. The van der Waals surface area contributed by atoms with E-state index in [9.17, 15) is 0 Å². The van der Waals surface area contributed by atoms with Gasteiger partial charge in [0.15, 0.2) is 0 Å². The van der Waals surface area contributed by atoms with Crippen LogP contribution in [0.15, 0.2) is 18.3 Å². The Morgan fingerprint density at radius 2 is 2.23 bits per heavy atom. The minimum Gasteiger partial charge on any atom is -0.364 e. The van der Waals surface area contributed by atoms with Crippen molar-refractivity contribution >= 4 is 0 Å². The van der Waals surface area contributed by atoms with E-state index in [0.29, 0.717) is 0 Å². The molecule has 1 heterocycles. The molecule has 0 aliphatic heterocycles. The van der Waals surface area contributed by atoms with Gasteiger partial charge in [-0.05, 0) is 33.0 Å². The molecular formula is C10H19N3. The standard InChI is InChI=1S/C10H19N3/c1-10(2,8-11-3)13-7-9-5-4-6-12-9/h4-6,11-13H,7-8H2,1-3H3. The van der Waals surface area contributed by atoms with Crippen molar-refractivity contribution in [2.75, 3.05) is 13.6 Å². The summed E-state index contributed by atoms with van der Waals surface area (Å²) in [5.41, 5.74) is 1.36. The van der Waals surface area contributed by atoms with Gasteiger partial charge in [0, 0.05) is 30.5 Å². The second-order valence-corrected chi connectivity index (χ2v) is 3.96. The van der Waals surface area contributed by atoms with E-state index < -0.39 is 0 Å². The molecule has 0 spiro atoms. The Hall–Kier alpha value is -0.800. The fourth-order valence-corrected chi connectivity index (χ4v) is 1.32. The number of aromatic amines is 1. The highest BCUT2D eigenvalue weighted by atomic mass is 15.0. The molecule has 3 N–H and O–H groups in total. The van der Waals surface area contributed by atoms with Gasteiger partial charge in [-0.1, -0.05) is 0 Å². The van der Waals surface area contributed by atoms with Crippen LogP contribution in [0.3, 0.4) is 0 Å². The maximum atomic E-state index is 3.47. The molecule has 0 aromatic carbocycles. The van der Waals surface area contributed by atoms with Crippen LogP contribution in [-0.2, 0) is 6.54 Å². The SMILES string of the molecule is CNCC(C)(C)NCc1ccc[nH]1. The lowest BCUT2D eigenvalue weighted by molar-refractivity contribution is 0.372. The van der Waals surface area contributed by atoms with Gasteiger partial charge in [-0.25, -0.2) is 0 Å². The van der Waals surface area contributed by atoms with E-state index in [4.69, 9.17) is 0 Å². The highest BCUT2D eigenvalue weighted by molar-refractivity contribution is 5.03. The molecule has 0 atom stereocenters. The van der Waals surface area contributed by atoms with Crippen LogP contribution in [0.5, 0.6) is 0 Å². The van der Waals surface area contributed by atoms with Gasteiger partial charge >= 0.3 is 0 Å². The first kappa shape index (κ1) is 10.3. The normalized spacial score (nSPS) is 11.9. The molecule has 1 rings (SSSR count). The monoisotopic (exact) mass is 181 g/mol. The topological polar surface area (TPSA) is 39.8 Å². The Bertz CT molecular complexity index is 226. The van der Waals surface area contributed by atoms with Crippen molar-refractivity contribution in [3.8, 4) is 0 Å². The average molecular weight is 181 g/mol. The molecule has 1 aromatic rings. The summed E-state index contributed by atoms with van der Waals surface area (Å²) in [7, 11) is 1.97. The lowest BCUT2D eigenvalue weighted by Gasteiger charge is -2.25. The molecule has 0 saturated heterocycles. The number of rotatable bonds is 5. The van der Waals surface area contributed by atoms with Gasteiger partial charge in [0.2, 0.25) is 0 Å². The Kier molecular flexibility index (Phi) is 3.51. The van der Waals surface area contributed by atoms with Crippen molar-refractivity contribution < 1.29 is 0 Å². The van der Waals surface area contributed by atoms with Gasteiger partial charge < -0.3 is 15.6 Å². The summed E-state index contributed by atoms with van der Waals surface area (Å²) >= 11 is 0. The van der Waals surface area contributed by atoms with E-state index in [1.807, 2.05) is 19.3 Å². The predicted octanol–water partition coefficient (Wildman–Crippen LogP) is 1.10. The minimum absolute atomic E-state index is 0.139. The molecule has 0 aliphatic carbocycles. The number of hydrogen-bond acceptors (Lipinski definition) is 2. The van der Waals surface area contributed by atoms with Crippen LogP contribution in [0, 0.1) is 0 Å². The zero-order valence-electron chi connectivity index (χ0n) is 8.65. The van der Waals surface area contributed by atoms with Crippen molar-refractivity contribution in [2.24, 2.45) is 0 Å². The molecule has 0 radical (unpaired) electrons. The van der Waals surface area contributed by atoms with Gasteiger partial charge in [-0.2, -0.15) is 0 Å². The van der Waals surface area contributed by atoms with E-state index in [1.165, 1.54) is 5.69 Å². The van der Waals surface area contributed by atoms with E-state index in [-0.39, 0.29) is 5.54 Å². The first-order valence-corrected chi connectivity index (χ1v) is 4.66. The van der Waals surface area contributed by atoms with Crippen LogP contribution in [0.1, 0.15) is 19.5 Å². The van der Waals surface area contributed by atoms with Crippen LogP contribution < -0.4 is 10.6 Å². The second-order valence-electron chi connectivity index (χ2n) is 3.96. The lowest BCUT2D eigenvalue weighted by Crippen LogP contribution is -2.46. The smallest absolute Gasteiger partial charge is 0.0362 e. The molecule has 13 heavy (non-hydrogen) atoms. The van der Waals surface area contributed by atoms with Gasteiger partial charge in [0.05, 0.1) is 0 Å². The molecule has 0 aliphatic rings. The number of H-pyrrole nitrogens is 1. The molecule has 3 heteroatoms. The number of nitrogens with one attached hydrogen (secondary N) is 3. The van der Waals surface area contributed by atoms with Crippen LogP contribution in [-0.4, -0.2) is 24.1 Å². The summed E-state index contributed by atoms with van der Waals surface area (Å²) in [6, 6.07) is 4.10. The Balaban J connectivity index is 2.33. The molecule has 1 aromatic heterocycles. The summed E-state index contributed by atoms with van der Waals surface area (Å²) in [6.07, 6.45) is 1.95. The highest BCUT2D eigenvalue weighted by Gasteiger charge is 2.14. The van der Waals surface area contributed by atoms with Crippen LogP contribution >= 0.6 is 0 Å². The Morgan fingerprint density at radius 3 is 2.77 bits per heavy atom. The van der Waals surface area contributed by atoms with Crippen LogP contribution in [0.25, 0.3) is 0 Å². The fraction of sp³-hybridized carbons (Fsp3) is 0.600. The van der Waals surface area contributed by atoms with Gasteiger partial charge in [0.1, 0.15) is 0 Å². The minimum atomic E-state index is 0.139. The van der Waals surface area contributed by atoms with Crippen LogP contribution in [0.4, 0.5) is 0 Å². The van der Waals surface area contributed by atoms with E-state index in [2.05, 4.69) is 35.5 Å². The second kappa shape index (κ2) is 4.44. The lowest BCUT2D eigenvalue weighted by atomic mass is 10.1. The Morgan fingerprint density at radius 1 is 1.46 bits per heavy atom.